The number of hydrogen-bond donors (Lipinski definition) is 1. The molecule has 4 rings (SSSR count). The number of para-hydroxylation sites is 2. The van der Waals surface area contributed by atoms with E-state index in [9.17, 15) is 14.4 Å². The van der Waals surface area contributed by atoms with Crippen LogP contribution in [0.5, 0.6) is 5.75 Å². The van der Waals surface area contributed by atoms with Crippen LogP contribution in [-0.2, 0) is 19.1 Å². The zero-order valence-corrected chi connectivity index (χ0v) is 17.0. The summed E-state index contributed by atoms with van der Waals surface area (Å²) in [6.45, 7) is 1.59. The zero-order chi connectivity index (χ0) is 21.8. The standard InChI is InChI=1S/C24H22N2O5/c1-16(24(29)25-19-11-10-17-6-2-3-7-18(17)14-19)31-23(28)12-13-26-20-8-4-5-9-21(20)30-15-22(26)27/h2-11,14,16H,12-13,15H2,1H3,(H,25,29). The minimum Gasteiger partial charge on any atom is -0.482 e. The van der Waals surface area contributed by atoms with Gasteiger partial charge in [0.1, 0.15) is 5.75 Å². The van der Waals surface area contributed by atoms with E-state index in [0.717, 1.165) is 10.8 Å². The molecule has 1 unspecified atom stereocenters. The van der Waals surface area contributed by atoms with Gasteiger partial charge in [-0.15, -0.1) is 0 Å². The molecule has 0 spiro atoms. The number of benzene rings is 3. The van der Waals surface area contributed by atoms with Crippen molar-refractivity contribution in [1.29, 1.82) is 0 Å². The lowest BCUT2D eigenvalue weighted by Crippen LogP contribution is -2.40. The molecule has 7 nitrogen and oxygen atoms in total. The van der Waals surface area contributed by atoms with E-state index in [4.69, 9.17) is 9.47 Å². The molecule has 0 saturated heterocycles. The summed E-state index contributed by atoms with van der Waals surface area (Å²) in [5.74, 6) is -0.610. The number of nitrogens with one attached hydrogen (secondary N) is 1. The summed E-state index contributed by atoms with van der Waals surface area (Å²) in [6.07, 6.45) is -1.00. The highest BCUT2D eigenvalue weighted by molar-refractivity contribution is 5.99. The van der Waals surface area contributed by atoms with Crippen molar-refractivity contribution in [3.05, 3.63) is 66.7 Å². The molecule has 1 aliphatic heterocycles. The Bertz CT molecular complexity index is 1140. The fourth-order valence-electron chi connectivity index (χ4n) is 3.42. The first kappa shape index (κ1) is 20.4. The number of hydrogen-bond acceptors (Lipinski definition) is 5. The van der Waals surface area contributed by atoms with E-state index in [0.29, 0.717) is 17.1 Å². The summed E-state index contributed by atoms with van der Waals surface area (Å²) in [5.41, 5.74) is 1.25. The van der Waals surface area contributed by atoms with Gasteiger partial charge in [-0.2, -0.15) is 0 Å². The van der Waals surface area contributed by atoms with Crippen LogP contribution in [0.15, 0.2) is 66.7 Å². The Labute approximate surface area is 179 Å². The maximum Gasteiger partial charge on any atom is 0.308 e. The molecule has 1 heterocycles. The average Bonchev–Trinajstić information content (AvgIpc) is 2.78. The van der Waals surface area contributed by atoms with Gasteiger partial charge in [0.2, 0.25) is 0 Å². The quantitative estimate of drug-likeness (QED) is 0.619. The molecule has 1 atom stereocenters. The van der Waals surface area contributed by atoms with Crippen molar-refractivity contribution in [3.8, 4) is 5.75 Å². The molecular weight excluding hydrogens is 396 g/mol. The van der Waals surface area contributed by atoms with Crippen LogP contribution in [0.25, 0.3) is 10.8 Å². The lowest BCUT2D eigenvalue weighted by Gasteiger charge is -2.29. The van der Waals surface area contributed by atoms with Crippen LogP contribution in [0.1, 0.15) is 13.3 Å². The minimum atomic E-state index is -0.966. The molecule has 3 aromatic carbocycles. The second kappa shape index (κ2) is 8.87. The first-order valence-corrected chi connectivity index (χ1v) is 10.0. The molecular formula is C24H22N2O5. The Morgan fingerprint density at radius 2 is 1.81 bits per heavy atom. The molecule has 1 N–H and O–H groups in total. The van der Waals surface area contributed by atoms with Crippen LogP contribution < -0.4 is 15.0 Å². The number of rotatable bonds is 6. The monoisotopic (exact) mass is 418 g/mol. The normalized spacial score (nSPS) is 13.8. The smallest absolute Gasteiger partial charge is 0.308 e. The van der Waals surface area contributed by atoms with Gasteiger partial charge in [-0.1, -0.05) is 42.5 Å². The third-order valence-corrected chi connectivity index (χ3v) is 5.04. The third kappa shape index (κ3) is 4.66. The van der Waals surface area contributed by atoms with Crippen molar-refractivity contribution in [3.63, 3.8) is 0 Å². The third-order valence-electron chi connectivity index (χ3n) is 5.04. The molecule has 0 bridgehead atoms. The molecule has 1 aliphatic rings. The van der Waals surface area contributed by atoms with Crippen molar-refractivity contribution in [2.75, 3.05) is 23.4 Å². The largest absolute Gasteiger partial charge is 0.482 e. The second-order valence-corrected chi connectivity index (χ2v) is 7.24. The van der Waals surface area contributed by atoms with Crippen molar-refractivity contribution in [2.24, 2.45) is 0 Å². The summed E-state index contributed by atoms with van der Waals surface area (Å²) in [6, 6.07) is 20.5. The van der Waals surface area contributed by atoms with E-state index >= 15 is 0 Å². The molecule has 2 amide bonds. The molecule has 0 aromatic heterocycles. The second-order valence-electron chi connectivity index (χ2n) is 7.24. The molecule has 31 heavy (non-hydrogen) atoms. The Morgan fingerprint density at radius 3 is 2.65 bits per heavy atom. The fourth-order valence-corrected chi connectivity index (χ4v) is 3.42. The van der Waals surface area contributed by atoms with Gasteiger partial charge in [0.05, 0.1) is 12.1 Å². The summed E-state index contributed by atoms with van der Waals surface area (Å²) >= 11 is 0. The van der Waals surface area contributed by atoms with Gasteiger partial charge < -0.3 is 19.7 Å². The average molecular weight is 418 g/mol. The first-order valence-electron chi connectivity index (χ1n) is 10.0. The maximum absolute atomic E-state index is 12.4. The van der Waals surface area contributed by atoms with Gasteiger partial charge in [0.25, 0.3) is 11.8 Å². The van der Waals surface area contributed by atoms with Crippen LogP contribution in [0.3, 0.4) is 0 Å². The predicted molar refractivity (Wildman–Crippen MR) is 117 cm³/mol. The highest BCUT2D eigenvalue weighted by Crippen LogP contribution is 2.31. The Balaban J connectivity index is 1.32. The number of ether oxygens (including phenoxy) is 2. The zero-order valence-electron chi connectivity index (χ0n) is 17.0. The lowest BCUT2D eigenvalue weighted by atomic mass is 10.1. The lowest BCUT2D eigenvalue weighted by molar-refractivity contribution is -0.153. The van der Waals surface area contributed by atoms with Gasteiger partial charge in [-0.3, -0.25) is 14.4 Å². The minimum absolute atomic E-state index is 0.0341. The van der Waals surface area contributed by atoms with E-state index in [1.54, 1.807) is 24.3 Å². The number of anilines is 2. The Morgan fingerprint density at radius 1 is 1.06 bits per heavy atom. The topological polar surface area (TPSA) is 84.9 Å². The van der Waals surface area contributed by atoms with Crippen LogP contribution in [-0.4, -0.2) is 37.0 Å². The molecule has 0 radical (unpaired) electrons. The van der Waals surface area contributed by atoms with Gasteiger partial charge in [-0.25, -0.2) is 0 Å². The number of fused-ring (bicyclic) bond motifs is 2. The maximum atomic E-state index is 12.4. The van der Waals surface area contributed by atoms with Crippen molar-refractivity contribution < 1.29 is 23.9 Å². The van der Waals surface area contributed by atoms with Gasteiger partial charge >= 0.3 is 5.97 Å². The van der Waals surface area contributed by atoms with Gasteiger partial charge in [-0.05, 0) is 42.0 Å². The van der Waals surface area contributed by atoms with Crippen molar-refractivity contribution >= 4 is 39.9 Å². The number of carbonyl (C=O) groups is 3. The van der Waals surface area contributed by atoms with Crippen LogP contribution in [0.2, 0.25) is 0 Å². The summed E-state index contributed by atoms with van der Waals surface area (Å²) < 4.78 is 10.7. The molecule has 0 aliphatic carbocycles. The number of amides is 2. The highest BCUT2D eigenvalue weighted by atomic mass is 16.5. The summed E-state index contributed by atoms with van der Waals surface area (Å²) in [5, 5.41) is 4.84. The number of nitrogens with zero attached hydrogens (tertiary/aromatic N) is 1. The van der Waals surface area contributed by atoms with Crippen LogP contribution >= 0.6 is 0 Å². The fraction of sp³-hybridized carbons (Fsp3) is 0.208. The molecule has 0 saturated carbocycles. The summed E-state index contributed by atoms with van der Waals surface area (Å²) in [4.78, 5) is 38.4. The van der Waals surface area contributed by atoms with Crippen LogP contribution in [0, 0.1) is 0 Å². The van der Waals surface area contributed by atoms with E-state index in [1.807, 2.05) is 42.5 Å². The molecule has 158 valence electrons. The van der Waals surface area contributed by atoms with E-state index < -0.39 is 18.0 Å². The van der Waals surface area contributed by atoms with Crippen molar-refractivity contribution in [2.45, 2.75) is 19.4 Å². The first-order chi connectivity index (χ1) is 15.0. The van der Waals surface area contributed by atoms with Crippen molar-refractivity contribution in [1.82, 2.24) is 0 Å². The highest BCUT2D eigenvalue weighted by Gasteiger charge is 2.26. The predicted octanol–water partition coefficient (Wildman–Crippen LogP) is 3.53. The molecule has 7 heteroatoms. The molecule has 3 aromatic rings. The molecule has 0 fully saturated rings. The van der Waals surface area contributed by atoms with E-state index in [2.05, 4.69) is 5.32 Å². The van der Waals surface area contributed by atoms with Crippen LogP contribution in [0.4, 0.5) is 11.4 Å². The number of esters is 1. The van der Waals surface area contributed by atoms with E-state index in [-0.39, 0.29) is 25.5 Å². The SMILES string of the molecule is CC(OC(=O)CCN1C(=O)COc2ccccc21)C(=O)Nc1ccc2ccccc2c1. The van der Waals surface area contributed by atoms with Gasteiger partial charge in [0, 0.05) is 12.2 Å². The van der Waals surface area contributed by atoms with E-state index in [1.165, 1.54) is 11.8 Å². The van der Waals surface area contributed by atoms with Gasteiger partial charge in [0.15, 0.2) is 12.7 Å². The number of carbonyl (C=O) groups excluding carboxylic acids is 3. The Kier molecular flexibility index (Phi) is 5.84. The Hall–Kier alpha value is -3.87. The summed E-state index contributed by atoms with van der Waals surface area (Å²) in [7, 11) is 0.